The average molecular weight is 284 g/mol. The summed E-state index contributed by atoms with van der Waals surface area (Å²) >= 11 is 0. The summed E-state index contributed by atoms with van der Waals surface area (Å²) in [6.07, 6.45) is 3.18. The van der Waals surface area contributed by atoms with Gasteiger partial charge in [0.05, 0.1) is 0 Å². The van der Waals surface area contributed by atoms with E-state index in [1.165, 1.54) is 12.1 Å². The third-order valence-electron chi connectivity index (χ3n) is 3.88. The van der Waals surface area contributed by atoms with Crippen LogP contribution in [0.15, 0.2) is 18.2 Å². The van der Waals surface area contributed by atoms with Gasteiger partial charge in [0.1, 0.15) is 0 Å². The molecule has 2 unspecified atom stereocenters. The molecule has 0 aromatic heterocycles. The Kier molecular flexibility index (Phi) is 7.10. The van der Waals surface area contributed by atoms with Crippen LogP contribution in [0.25, 0.3) is 0 Å². The molecule has 0 spiro atoms. The van der Waals surface area contributed by atoms with Gasteiger partial charge < -0.3 is 5.73 Å². The number of rotatable bonds is 8. The van der Waals surface area contributed by atoms with Crippen molar-refractivity contribution in [2.75, 3.05) is 13.1 Å². The zero-order valence-electron chi connectivity index (χ0n) is 12.7. The molecule has 0 saturated carbocycles. The van der Waals surface area contributed by atoms with Gasteiger partial charge in [-0.25, -0.2) is 8.78 Å². The molecule has 2 N–H and O–H groups in total. The van der Waals surface area contributed by atoms with Crippen molar-refractivity contribution in [2.24, 2.45) is 5.73 Å². The lowest BCUT2D eigenvalue weighted by Gasteiger charge is -2.36. The van der Waals surface area contributed by atoms with Crippen molar-refractivity contribution < 1.29 is 8.78 Å². The summed E-state index contributed by atoms with van der Waals surface area (Å²) in [6, 6.07) is 4.39. The van der Waals surface area contributed by atoms with Crippen LogP contribution >= 0.6 is 0 Å². The lowest BCUT2D eigenvalue weighted by atomic mass is 10.0. The van der Waals surface area contributed by atoms with Gasteiger partial charge in [-0.1, -0.05) is 26.3 Å². The molecular formula is C16H26F2N2. The van der Waals surface area contributed by atoms with Gasteiger partial charge in [0.2, 0.25) is 0 Å². The fourth-order valence-electron chi connectivity index (χ4n) is 2.44. The normalized spacial score (nSPS) is 14.6. The number of hydrogen-bond donors (Lipinski definition) is 1. The first-order chi connectivity index (χ1) is 9.54. The van der Waals surface area contributed by atoms with Crippen LogP contribution in [0.2, 0.25) is 0 Å². The topological polar surface area (TPSA) is 29.3 Å². The van der Waals surface area contributed by atoms with E-state index in [-0.39, 0.29) is 6.04 Å². The predicted octanol–water partition coefficient (Wildman–Crippen LogP) is 3.87. The van der Waals surface area contributed by atoms with E-state index in [0.717, 1.165) is 31.4 Å². The Labute approximate surface area is 121 Å². The molecule has 0 radical (unpaired) electrons. The highest BCUT2D eigenvalue weighted by molar-refractivity contribution is 5.22. The van der Waals surface area contributed by atoms with E-state index in [2.05, 4.69) is 25.7 Å². The number of nitrogens with two attached hydrogens (primary N) is 1. The average Bonchev–Trinajstić information content (AvgIpc) is 2.46. The smallest absolute Gasteiger partial charge is 0.159 e. The minimum atomic E-state index is -0.812. The summed E-state index contributed by atoms with van der Waals surface area (Å²) in [6.45, 7) is 7.75. The number of benzene rings is 1. The van der Waals surface area contributed by atoms with Crippen LogP contribution in [-0.2, 0) is 0 Å². The maximum atomic E-state index is 13.4. The van der Waals surface area contributed by atoms with Crippen molar-refractivity contribution in [1.82, 2.24) is 4.90 Å². The second-order valence-corrected chi connectivity index (χ2v) is 5.27. The van der Waals surface area contributed by atoms with Crippen LogP contribution in [0.1, 0.15) is 51.6 Å². The lowest BCUT2D eigenvalue weighted by Crippen LogP contribution is -2.40. The number of unbranched alkanes of at least 4 members (excludes halogenated alkanes) is 1. The lowest BCUT2D eigenvalue weighted by molar-refractivity contribution is 0.140. The third-order valence-corrected chi connectivity index (χ3v) is 3.88. The van der Waals surface area contributed by atoms with E-state index in [1.54, 1.807) is 6.07 Å². The molecule has 1 aromatic rings. The predicted molar refractivity (Wildman–Crippen MR) is 79.5 cm³/mol. The van der Waals surface area contributed by atoms with Crippen LogP contribution in [-0.4, -0.2) is 24.0 Å². The molecular weight excluding hydrogens is 258 g/mol. The molecule has 0 amide bonds. The van der Waals surface area contributed by atoms with Crippen molar-refractivity contribution in [3.63, 3.8) is 0 Å². The highest BCUT2D eigenvalue weighted by Gasteiger charge is 2.23. The Balaban J connectivity index is 3.01. The fourth-order valence-corrected chi connectivity index (χ4v) is 2.44. The van der Waals surface area contributed by atoms with Crippen LogP contribution in [0, 0.1) is 11.6 Å². The summed E-state index contributed by atoms with van der Waals surface area (Å²) in [5, 5.41) is 0. The van der Waals surface area contributed by atoms with Crippen LogP contribution < -0.4 is 5.73 Å². The summed E-state index contributed by atoms with van der Waals surface area (Å²) in [7, 11) is 0. The van der Waals surface area contributed by atoms with E-state index in [0.29, 0.717) is 12.6 Å². The Morgan fingerprint density at radius 1 is 1.20 bits per heavy atom. The highest BCUT2D eigenvalue weighted by atomic mass is 19.2. The Hall–Kier alpha value is -1.00. The molecule has 0 aliphatic carbocycles. The zero-order chi connectivity index (χ0) is 15.1. The van der Waals surface area contributed by atoms with Gasteiger partial charge in [-0.15, -0.1) is 0 Å². The second kappa shape index (κ2) is 8.32. The third kappa shape index (κ3) is 4.25. The first-order valence-electron chi connectivity index (χ1n) is 7.45. The molecule has 0 aliphatic rings. The summed E-state index contributed by atoms with van der Waals surface area (Å²) in [4.78, 5) is 2.30. The molecule has 4 heteroatoms. The molecule has 0 fully saturated rings. The van der Waals surface area contributed by atoms with Crippen molar-refractivity contribution in [3.8, 4) is 0 Å². The molecule has 0 saturated heterocycles. The number of nitrogens with zero attached hydrogens (tertiary/aromatic N) is 1. The minimum absolute atomic E-state index is 0.0633. The molecule has 2 atom stereocenters. The zero-order valence-corrected chi connectivity index (χ0v) is 12.7. The molecule has 0 bridgehead atoms. The van der Waals surface area contributed by atoms with Gasteiger partial charge in [-0.2, -0.15) is 0 Å². The monoisotopic (exact) mass is 284 g/mol. The van der Waals surface area contributed by atoms with Crippen molar-refractivity contribution in [2.45, 2.75) is 52.1 Å². The first kappa shape index (κ1) is 17.1. The van der Waals surface area contributed by atoms with Gasteiger partial charge in [0, 0.05) is 18.6 Å². The van der Waals surface area contributed by atoms with Gasteiger partial charge in [0.15, 0.2) is 11.6 Å². The molecule has 0 aliphatic heterocycles. The minimum Gasteiger partial charge on any atom is -0.329 e. The fraction of sp³-hybridized carbons (Fsp3) is 0.625. The number of hydrogen-bond acceptors (Lipinski definition) is 2. The second-order valence-electron chi connectivity index (χ2n) is 5.27. The quantitative estimate of drug-likeness (QED) is 0.785. The van der Waals surface area contributed by atoms with E-state index in [9.17, 15) is 8.78 Å². The summed E-state index contributed by atoms with van der Waals surface area (Å²) < 4.78 is 26.5. The van der Waals surface area contributed by atoms with Gasteiger partial charge in [0.25, 0.3) is 0 Å². The summed E-state index contributed by atoms with van der Waals surface area (Å²) in [5.41, 5.74) is 6.65. The molecule has 114 valence electrons. The molecule has 0 heterocycles. The first-order valence-corrected chi connectivity index (χ1v) is 7.45. The molecule has 2 nitrogen and oxygen atoms in total. The van der Waals surface area contributed by atoms with Crippen molar-refractivity contribution in [3.05, 3.63) is 35.4 Å². The van der Waals surface area contributed by atoms with Crippen LogP contribution in [0.4, 0.5) is 8.78 Å². The highest BCUT2D eigenvalue weighted by Crippen LogP contribution is 2.25. The van der Waals surface area contributed by atoms with E-state index >= 15 is 0 Å². The number of halogens is 2. The van der Waals surface area contributed by atoms with E-state index in [1.807, 2.05) is 0 Å². The Morgan fingerprint density at radius 2 is 1.90 bits per heavy atom. The Morgan fingerprint density at radius 3 is 2.40 bits per heavy atom. The summed E-state index contributed by atoms with van der Waals surface area (Å²) in [5.74, 6) is -1.62. The standard InChI is InChI=1S/C16H26F2N2/c1-4-6-9-20(12(3)5-2)16(11-19)13-7-8-14(17)15(18)10-13/h7-8,10,12,16H,4-6,9,11,19H2,1-3H3. The maximum absolute atomic E-state index is 13.4. The van der Waals surface area contributed by atoms with Crippen LogP contribution in [0.5, 0.6) is 0 Å². The SMILES string of the molecule is CCCCN(C(C)CC)C(CN)c1ccc(F)c(F)c1. The van der Waals surface area contributed by atoms with Gasteiger partial charge in [-0.05, 0) is 44.0 Å². The van der Waals surface area contributed by atoms with Crippen molar-refractivity contribution in [1.29, 1.82) is 0 Å². The van der Waals surface area contributed by atoms with E-state index in [4.69, 9.17) is 5.73 Å². The van der Waals surface area contributed by atoms with E-state index < -0.39 is 11.6 Å². The van der Waals surface area contributed by atoms with Crippen LogP contribution in [0.3, 0.4) is 0 Å². The van der Waals surface area contributed by atoms with Crippen molar-refractivity contribution >= 4 is 0 Å². The molecule has 1 rings (SSSR count). The largest absolute Gasteiger partial charge is 0.329 e. The van der Waals surface area contributed by atoms with Gasteiger partial charge in [-0.3, -0.25) is 4.90 Å². The van der Waals surface area contributed by atoms with Gasteiger partial charge >= 0.3 is 0 Å². The Bertz CT molecular complexity index is 409. The maximum Gasteiger partial charge on any atom is 0.159 e. The molecule has 1 aromatic carbocycles. The molecule has 20 heavy (non-hydrogen) atoms.